The number of urea groups is 1. The Hall–Kier alpha value is -1.73. The van der Waals surface area contributed by atoms with Gasteiger partial charge in [0.05, 0.1) is 0 Å². The number of ether oxygens (including phenoxy) is 1. The van der Waals surface area contributed by atoms with Crippen LogP contribution in [0.5, 0.6) is 0 Å². The fourth-order valence-electron chi connectivity index (χ4n) is 3.01. The summed E-state index contributed by atoms with van der Waals surface area (Å²) in [5.74, 6) is 0.0697. The Morgan fingerprint density at radius 3 is 2.62 bits per heavy atom. The number of carbonyl (C=O) groups excluding carboxylic acids is 2. The fraction of sp³-hybridized carbons (Fsp3) is 0.529. The van der Waals surface area contributed by atoms with E-state index in [1.807, 2.05) is 35.4 Å². The first-order chi connectivity index (χ1) is 11.7. The number of amides is 3. The zero-order valence-electron chi connectivity index (χ0n) is 13.9. The monoisotopic (exact) mass is 349 g/mol. The summed E-state index contributed by atoms with van der Waals surface area (Å²) >= 11 is 1.64. The molecule has 1 atom stereocenters. The molecule has 3 rings (SSSR count). The predicted octanol–water partition coefficient (Wildman–Crippen LogP) is 2.26. The van der Waals surface area contributed by atoms with Crippen molar-refractivity contribution in [3.8, 4) is 0 Å². The third-order valence-electron chi connectivity index (χ3n) is 4.40. The number of hydrogen-bond donors (Lipinski definition) is 1. The molecule has 2 saturated heterocycles. The number of anilines is 1. The van der Waals surface area contributed by atoms with Crippen LogP contribution in [0, 0.1) is 0 Å². The molecular formula is C17H23N3O3S. The zero-order valence-corrected chi connectivity index (χ0v) is 14.7. The first kappa shape index (κ1) is 17.1. The average molecular weight is 349 g/mol. The quantitative estimate of drug-likeness (QED) is 0.851. The summed E-state index contributed by atoms with van der Waals surface area (Å²) in [6.07, 6.45) is 3.49. The second kappa shape index (κ2) is 7.90. The van der Waals surface area contributed by atoms with Gasteiger partial charge >= 0.3 is 6.03 Å². The molecule has 2 aliphatic heterocycles. The molecule has 0 aliphatic carbocycles. The maximum absolute atomic E-state index is 12.4. The van der Waals surface area contributed by atoms with Crippen molar-refractivity contribution in [2.45, 2.75) is 23.8 Å². The number of piperazine rings is 1. The molecule has 0 spiro atoms. The van der Waals surface area contributed by atoms with Crippen molar-refractivity contribution >= 4 is 29.4 Å². The van der Waals surface area contributed by atoms with Crippen LogP contribution in [0.3, 0.4) is 0 Å². The molecule has 2 aliphatic rings. The number of nitrogens with zero attached hydrogens (tertiary/aromatic N) is 2. The van der Waals surface area contributed by atoms with Gasteiger partial charge in [-0.05, 0) is 37.3 Å². The van der Waals surface area contributed by atoms with E-state index in [-0.39, 0.29) is 18.0 Å². The molecule has 6 nitrogen and oxygen atoms in total. The van der Waals surface area contributed by atoms with Gasteiger partial charge in [0.15, 0.2) is 0 Å². The van der Waals surface area contributed by atoms with Crippen molar-refractivity contribution in [3.05, 3.63) is 24.3 Å². The highest BCUT2D eigenvalue weighted by molar-refractivity contribution is 7.98. The van der Waals surface area contributed by atoms with Crippen LogP contribution in [-0.4, -0.2) is 66.9 Å². The van der Waals surface area contributed by atoms with Gasteiger partial charge in [0, 0.05) is 43.4 Å². The predicted molar refractivity (Wildman–Crippen MR) is 94.4 cm³/mol. The van der Waals surface area contributed by atoms with Crippen LogP contribution in [0.1, 0.15) is 12.8 Å². The average Bonchev–Trinajstić information content (AvgIpc) is 3.16. The maximum Gasteiger partial charge on any atom is 0.321 e. The van der Waals surface area contributed by atoms with Crippen LogP contribution in [0.25, 0.3) is 0 Å². The Labute approximate surface area is 146 Å². The van der Waals surface area contributed by atoms with Crippen LogP contribution < -0.4 is 5.32 Å². The summed E-state index contributed by atoms with van der Waals surface area (Å²) < 4.78 is 5.46. The van der Waals surface area contributed by atoms with Gasteiger partial charge in [-0.25, -0.2) is 4.79 Å². The molecule has 0 radical (unpaired) electrons. The molecule has 7 heteroatoms. The van der Waals surface area contributed by atoms with Gasteiger partial charge in [0.1, 0.15) is 6.10 Å². The fourth-order valence-corrected chi connectivity index (χ4v) is 3.47. The summed E-state index contributed by atoms with van der Waals surface area (Å²) in [5, 5.41) is 2.93. The van der Waals surface area contributed by atoms with Crippen LogP contribution in [0.15, 0.2) is 29.2 Å². The van der Waals surface area contributed by atoms with E-state index in [9.17, 15) is 9.59 Å². The zero-order chi connectivity index (χ0) is 16.9. The third kappa shape index (κ3) is 4.02. The molecule has 0 aromatic heterocycles. The van der Waals surface area contributed by atoms with Gasteiger partial charge in [-0.1, -0.05) is 6.07 Å². The molecule has 0 saturated carbocycles. The normalized spacial score (nSPS) is 21.0. The van der Waals surface area contributed by atoms with Crippen LogP contribution >= 0.6 is 11.8 Å². The van der Waals surface area contributed by atoms with E-state index >= 15 is 0 Å². The highest BCUT2D eigenvalue weighted by Gasteiger charge is 2.31. The lowest BCUT2D eigenvalue weighted by Crippen LogP contribution is -2.53. The van der Waals surface area contributed by atoms with Crippen LogP contribution in [0.2, 0.25) is 0 Å². The SMILES string of the molecule is CSc1cccc(NC(=O)N2CCN(C(=O)C3CCCO3)CC2)c1. The molecule has 3 amide bonds. The second-order valence-electron chi connectivity index (χ2n) is 5.98. The molecular weight excluding hydrogens is 326 g/mol. The Balaban J connectivity index is 1.50. The van der Waals surface area contributed by atoms with Crippen LogP contribution in [0.4, 0.5) is 10.5 Å². The van der Waals surface area contributed by atoms with E-state index < -0.39 is 0 Å². The van der Waals surface area contributed by atoms with Crippen molar-refractivity contribution in [3.63, 3.8) is 0 Å². The number of benzene rings is 1. The number of carbonyl (C=O) groups is 2. The summed E-state index contributed by atoms with van der Waals surface area (Å²) in [6.45, 7) is 2.90. The van der Waals surface area contributed by atoms with Gasteiger partial charge < -0.3 is 19.9 Å². The first-order valence-electron chi connectivity index (χ1n) is 8.28. The minimum Gasteiger partial charge on any atom is -0.368 e. The number of thioether (sulfide) groups is 1. The Kier molecular flexibility index (Phi) is 5.63. The molecule has 24 heavy (non-hydrogen) atoms. The van der Waals surface area contributed by atoms with Crippen molar-refractivity contribution in [1.29, 1.82) is 0 Å². The van der Waals surface area contributed by atoms with Crippen molar-refractivity contribution in [2.75, 3.05) is 44.4 Å². The summed E-state index contributed by atoms with van der Waals surface area (Å²) in [6, 6.07) is 7.67. The second-order valence-corrected chi connectivity index (χ2v) is 6.86. The topological polar surface area (TPSA) is 61.9 Å². The Morgan fingerprint density at radius 2 is 1.96 bits per heavy atom. The van der Waals surface area contributed by atoms with Crippen molar-refractivity contribution in [2.24, 2.45) is 0 Å². The maximum atomic E-state index is 12.4. The smallest absolute Gasteiger partial charge is 0.321 e. The van der Waals surface area contributed by atoms with Crippen molar-refractivity contribution < 1.29 is 14.3 Å². The molecule has 1 aromatic carbocycles. The molecule has 2 fully saturated rings. The number of nitrogens with one attached hydrogen (secondary N) is 1. The van der Waals surface area contributed by atoms with E-state index in [4.69, 9.17) is 4.74 Å². The van der Waals surface area contributed by atoms with Gasteiger partial charge in [-0.15, -0.1) is 11.8 Å². The summed E-state index contributed by atoms with van der Waals surface area (Å²) in [5.41, 5.74) is 0.796. The minimum atomic E-state index is -0.278. The van der Waals surface area contributed by atoms with E-state index in [0.29, 0.717) is 32.8 Å². The van der Waals surface area contributed by atoms with Gasteiger partial charge in [-0.2, -0.15) is 0 Å². The molecule has 0 bridgehead atoms. The standard InChI is InChI=1S/C17H23N3O3S/c1-24-14-5-2-4-13(12-14)18-17(22)20-9-7-19(8-10-20)16(21)15-6-3-11-23-15/h2,4-5,12,15H,3,6-11H2,1H3,(H,18,22). The van der Waals surface area contributed by atoms with Gasteiger partial charge in [0.2, 0.25) is 0 Å². The highest BCUT2D eigenvalue weighted by atomic mass is 32.2. The van der Waals surface area contributed by atoms with E-state index in [2.05, 4.69) is 5.32 Å². The van der Waals surface area contributed by atoms with Crippen LogP contribution in [-0.2, 0) is 9.53 Å². The molecule has 1 unspecified atom stereocenters. The number of hydrogen-bond acceptors (Lipinski definition) is 4. The lowest BCUT2D eigenvalue weighted by Gasteiger charge is -2.35. The van der Waals surface area contributed by atoms with Crippen molar-refractivity contribution in [1.82, 2.24) is 9.80 Å². The van der Waals surface area contributed by atoms with Gasteiger partial charge in [0.25, 0.3) is 5.91 Å². The first-order valence-corrected chi connectivity index (χ1v) is 9.50. The summed E-state index contributed by atoms with van der Waals surface area (Å²) in [4.78, 5) is 29.4. The lowest BCUT2D eigenvalue weighted by atomic mass is 10.2. The van der Waals surface area contributed by atoms with E-state index in [1.165, 1.54) is 0 Å². The largest absolute Gasteiger partial charge is 0.368 e. The molecule has 1 N–H and O–H groups in total. The van der Waals surface area contributed by atoms with E-state index in [1.54, 1.807) is 16.7 Å². The Morgan fingerprint density at radius 1 is 1.21 bits per heavy atom. The molecule has 130 valence electrons. The lowest BCUT2D eigenvalue weighted by molar-refractivity contribution is -0.142. The minimum absolute atomic E-state index is 0.0697. The Bertz CT molecular complexity index is 596. The molecule has 2 heterocycles. The third-order valence-corrected chi connectivity index (χ3v) is 5.13. The molecule has 1 aromatic rings. The van der Waals surface area contributed by atoms with E-state index in [0.717, 1.165) is 23.4 Å². The van der Waals surface area contributed by atoms with Gasteiger partial charge in [-0.3, -0.25) is 4.79 Å². The highest BCUT2D eigenvalue weighted by Crippen LogP contribution is 2.20. The number of rotatable bonds is 3. The summed E-state index contributed by atoms with van der Waals surface area (Å²) in [7, 11) is 0.